The van der Waals surface area contributed by atoms with E-state index >= 15 is 0 Å². The van der Waals surface area contributed by atoms with E-state index in [-0.39, 0.29) is 18.7 Å². The molecular weight excluding hydrogens is 567 g/mol. The number of halogens is 1. The van der Waals surface area contributed by atoms with Crippen molar-refractivity contribution in [3.8, 4) is 17.6 Å². The van der Waals surface area contributed by atoms with Crippen molar-refractivity contribution in [1.29, 1.82) is 0 Å². The summed E-state index contributed by atoms with van der Waals surface area (Å²) in [7, 11) is 0. The van der Waals surface area contributed by atoms with Gasteiger partial charge in [0.2, 0.25) is 0 Å². The van der Waals surface area contributed by atoms with Gasteiger partial charge in [0.25, 0.3) is 0 Å². The maximum Gasteiger partial charge on any atom is 0.411 e. The highest BCUT2D eigenvalue weighted by molar-refractivity contribution is 14.1. The molecule has 1 atom stereocenters. The smallest absolute Gasteiger partial charge is 0.411 e. The van der Waals surface area contributed by atoms with E-state index in [0.717, 1.165) is 41.9 Å². The molecule has 0 radical (unpaired) electrons. The Bertz CT molecular complexity index is 1400. The van der Waals surface area contributed by atoms with E-state index < -0.39 is 0 Å². The van der Waals surface area contributed by atoms with Gasteiger partial charge in [-0.25, -0.2) is 9.78 Å². The van der Waals surface area contributed by atoms with E-state index in [1.807, 2.05) is 41.4 Å². The number of benzene rings is 2. The van der Waals surface area contributed by atoms with Gasteiger partial charge in [0.05, 0.1) is 12.9 Å². The highest BCUT2D eigenvalue weighted by atomic mass is 127. The molecule has 4 aromatic rings. The van der Waals surface area contributed by atoms with Crippen molar-refractivity contribution in [2.24, 2.45) is 0 Å². The molecule has 3 heterocycles. The lowest BCUT2D eigenvalue weighted by molar-refractivity contribution is 0.0993. The fraction of sp³-hybridized carbons (Fsp3) is 0.286. The van der Waals surface area contributed by atoms with Gasteiger partial charge in [-0.1, -0.05) is 18.1 Å². The lowest BCUT2D eigenvalue weighted by Gasteiger charge is -2.35. The molecule has 0 saturated carbocycles. The van der Waals surface area contributed by atoms with Crippen molar-refractivity contribution in [2.45, 2.75) is 32.4 Å². The number of H-pyrrole nitrogens is 1. The van der Waals surface area contributed by atoms with Gasteiger partial charge in [-0.05, 0) is 83.8 Å². The summed E-state index contributed by atoms with van der Waals surface area (Å²) in [5, 5.41) is 1.21. The molecule has 8 heteroatoms. The number of carbonyl (C=O) groups is 1. The van der Waals surface area contributed by atoms with Crippen molar-refractivity contribution in [1.82, 2.24) is 19.4 Å². The second kappa shape index (κ2) is 11.1. The number of ether oxygens (including phenoxy) is 2. The molecule has 0 fully saturated rings. The summed E-state index contributed by atoms with van der Waals surface area (Å²) < 4.78 is 14.6. The van der Waals surface area contributed by atoms with E-state index in [0.29, 0.717) is 13.2 Å². The Hall–Kier alpha value is -3.45. The normalized spacial score (nSPS) is 14.7. The number of fused-ring (bicyclic) bond motifs is 3. The first-order chi connectivity index (χ1) is 17.6. The Kier molecular flexibility index (Phi) is 7.47. The molecule has 7 nitrogen and oxygen atoms in total. The minimum Gasteiger partial charge on any atom is -0.494 e. The number of rotatable bonds is 7. The Morgan fingerprint density at radius 1 is 1.25 bits per heavy atom. The van der Waals surface area contributed by atoms with Crippen LogP contribution in [-0.2, 0) is 17.7 Å². The zero-order valence-corrected chi connectivity index (χ0v) is 22.2. The maximum atomic E-state index is 13.1. The zero-order chi connectivity index (χ0) is 24.9. The molecule has 1 amide bonds. The Morgan fingerprint density at radius 2 is 2.11 bits per heavy atom. The van der Waals surface area contributed by atoms with E-state index in [4.69, 9.17) is 9.47 Å². The molecule has 0 bridgehead atoms. The lowest BCUT2D eigenvalue weighted by Crippen LogP contribution is -2.41. The lowest BCUT2D eigenvalue weighted by atomic mass is 9.92. The van der Waals surface area contributed by atoms with Crippen LogP contribution in [0.1, 0.15) is 36.2 Å². The van der Waals surface area contributed by atoms with E-state index in [2.05, 4.69) is 62.6 Å². The first-order valence-corrected chi connectivity index (χ1v) is 13.0. The highest BCUT2D eigenvalue weighted by Gasteiger charge is 2.35. The number of carbonyl (C=O) groups excluding carboxylic acids is 1. The van der Waals surface area contributed by atoms with Crippen molar-refractivity contribution in [2.75, 3.05) is 19.8 Å². The van der Waals surface area contributed by atoms with Crippen LogP contribution in [0.25, 0.3) is 10.9 Å². The molecule has 1 aliphatic rings. The number of aryl methyl sites for hydroxylation is 1. The predicted octanol–water partition coefficient (Wildman–Crippen LogP) is 5.55. The van der Waals surface area contributed by atoms with Gasteiger partial charge in [-0.2, -0.15) is 0 Å². The SMILES string of the molecule is CC#CCOC(=O)N1CCc2c([nH]c3ccc(I)cc23)C1c1ccc(OCCCn2ccnc2)cc1. The van der Waals surface area contributed by atoms with Crippen LogP contribution < -0.4 is 4.74 Å². The molecule has 184 valence electrons. The molecule has 36 heavy (non-hydrogen) atoms. The van der Waals surface area contributed by atoms with Crippen LogP contribution in [0.4, 0.5) is 4.79 Å². The monoisotopic (exact) mass is 594 g/mol. The Morgan fingerprint density at radius 3 is 2.89 bits per heavy atom. The van der Waals surface area contributed by atoms with Crippen molar-refractivity contribution in [3.63, 3.8) is 0 Å². The topological polar surface area (TPSA) is 72.4 Å². The average Bonchev–Trinajstić information content (AvgIpc) is 3.54. The number of hydrogen-bond acceptors (Lipinski definition) is 4. The van der Waals surface area contributed by atoms with Crippen LogP contribution in [0.2, 0.25) is 0 Å². The standard InChI is InChI=1S/C28H27IN4O3/c1-2-3-16-36-28(34)33-14-11-23-24-18-21(29)7-10-25(24)31-26(23)27(33)20-5-8-22(9-6-20)35-17-4-13-32-15-12-30-19-32/h5-10,12,15,18-19,27,31H,4,11,13-14,16-17H2,1H3. The van der Waals surface area contributed by atoms with Gasteiger partial charge < -0.3 is 19.0 Å². The molecule has 0 spiro atoms. The quantitative estimate of drug-likeness (QED) is 0.173. The number of amides is 1. The number of nitrogens with zero attached hydrogens (tertiary/aromatic N) is 3. The molecule has 2 aromatic heterocycles. The molecule has 1 N–H and O–H groups in total. The maximum absolute atomic E-state index is 13.1. The van der Waals surface area contributed by atoms with Crippen LogP contribution in [-0.4, -0.2) is 45.3 Å². The fourth-order valence-electron chi connectivity index (χ4n) is 4.66. The summed E-state index contributed by atoms with van der Waals surface area (Å²) in [5.74, 6) is 6.39. The third-order valence-electron chi connectivity index (χ3n) is 6.35. The number of aromatic amines is 1. The summed E-state index contributed by atoms with van der Waals surface area (Å²) in [4.78, 5) is 22.5. The molecule has 1 unspecified atom stereocenters. The van der Waals surface area contributed by atoms with E-state index in [1.165, 1.54) is 14.5 Å². The van der Waals surface area contributed by atoms with Crippen molar-refractivity contribution < 1.29 is 14.3 Å². The van der Waals surface area contributed by atoms with Gasteiger partial charge in [0.1, 0.15) is 11.8 Å². The minimum atomic E-state index is -0.360. The Balaban J connectivity index is 1.38. The summed E-state index contributed by atoms with van der Waals surface area (Å²) >= 11 is 2.34. The van der Waals surface area contributed by atoms with Crippen LogP contribution in [0, 0.1) is 15.4 Å². The summed E-state index contributed by atoms with van der Waals surface area (Å²) in [6, 6.07) is 14.1. The van der Waals surface area contributed by atoms with Crippen molar-refractivity contribution in [3.05, 3.63) is 81.6 Å². The van der Waals surface area contributed by atoms with Gasteiger partial charge in [0.15, 0.2) is 6.61 Å². The zero-order valence-electron chi connectivity index (χ0n) is 20.0. The van der Waals surface area contributed by atoms with Gasteiger partial charge >= 0.3 is 6.09 Å². The second-order valence-electron chi connectivity index (χ2n) is 8.61. The first kappa shape index (κ1) is 24.3. The summed E-state index contributed by atoms with van der Waals surface area (Å²) in [6.07, 6.45) is 6.83. The minimum absolute atomic E-state index is 0.0855. The van der Waals surface area contributed by atoms with Crippen molar-refractivity contribution >= 4 is 39.6 Å². The first-order valence-electron chi connectivity index (χ1n) is 12.0. The Labute approximate surface area is 223 Å². The van der Waals surface area contributed by atoms with Crippen LogP contribution >= 0.6 is 22.6 Å². The largest absolute Gasteiger partial charge is 0.494 e. The van der Waals surface area contributed by atoms with Gasteiger partial charge in [-0.15, -0.1) is 5.92 Å². The molecule has 0 saturated heterocycles. The number of aromatic nitrogens is 3. The van der Waals surface area contributed by atoms with Gasteiger partial charge in [0, 0.05) is 45.7 Å². The summed E-state index contributed by atoms with van der Waals surface area (Å²) in [5.41, 5.74) is 4.37. The van der Waals surface area contributed by atoms with E-state index in [1.54, 1.807) is 18.0 Å². The number of nitrogens with one attached hydrogen (secondary N) is 1. The average molecular weight is 594 g/mol. The third kappa shape index (κ3) is 5.21. The fourth-order valence-corrected chi connectivity index (χ4v) is 5.15. The van der Waals surface area contributed by atoms with Crippen LogP contribution in [0.3, 0.4) is 0 Å². The molecule has 0 aliphatic carbocycles. The number of hydrogen-bond donors (Lipinski definition) is 1. The van der Waals surface area contributed by atoms with Crippen LogP contribution in [0.5, 0.6) is 5.75 Å². The van der Waals surface area contributed by atoms with Crippen LogP contribution in [0.15, 0.2) is 61.2 Å². The van der Waals surface area contributed by atoms with Gasteiger partial charge in [-0.3, -0.25) is 4.90 Å². The summed E-state index contributed by atoms with van der Waals surface area (Å²) in [6.45, 7) is 3.87. The number of imidazole rings is 1. The van der Waals surface area contributed by atoms with E-state index in [9.17, 15) is 4.79 Å². The molecule has 5 rings (SSSR count). The highest BCUT2D eigenvalue weighted by Crippen LogP contribution is 2.39. The third-order valence-corrected chi connectivity index (χ3v) is 7.02. The molecule has 2 aromatic carbocycles. The second-order valence-corrected chi connectivity index (χ2v) is 9.85. The predicted molar refractivity (Wildman–Crippen MR) is 147 cm³/mol. The molecular formula is C28H27IN4O3. The molecule has 1 aliphatic heterocycles.